The summed E-state index contributed by atoms with van der Waals surface area (Å²) in [6.07, 6.45) is 0. The molecule has 0 radical (unpaired) electrons. The van der Waals surface area contributed by atoms with E-state index in [0.717, 1.165) is 16.7 Å². The molecular weight excluding hydrogens is 363 g/mol. The lowest BCUT2D eigenvalue weighted by atomic mass is 10.0. The predicted octanol–water partition coefficient (Wildman–Crippen LogP) is 5.80. The summed E-state index contributed by atoms with van der Waals surface area (Å²) in [5, 5.41) is 1.41. The number of benzene rings is 4. The quantitative estimate of drug-likeness (QED) is 0.393. The van der Waals surface area contributed by atoms with Gasteiger partial charge in [-0.3, -0.25) is 4.57 Å². The van der Waals surface area contributed by atoms with Gasteiger partial charge in [0.15, 0.2) is 0 Å². The Bertz CT molecular complexity index is 1030. The maximum Gasteiger partial charge on any atom is 0.261 e. The molecule has 0 heterocycles. The number of hydrogen-bond donors (Lipinski definition) is 0. The summed E-state index contributed by atoms with van der Waals surface area (Å²) in [5.41, 5.74) is 3.23. The summed E-state index contributed by atoms with van der Waals surface area (Å²) in [7, 11) is -3.20. The van der Waals surface area contributed by atoms with E-state index < -0.39 is 7.37 Å². The zero-order valence-corrected chi connectivity index (χ0v) is 16.3. The molecular formula is C25H21O2P. The first kappa shape index (κ1) is 18.4. The van der Waals surface area contributed by atoms with E-state index in [9.17, 15) is 4.57 Å². The summed E-state index contributed by atoms with van der Waals surface area (Å²) in [6.45, 7) is 0.270. The Labute approximate surface area is 165 Å². The first-order valence-corrected chi connectivity index (χ1v) is 10.9. The lowest BCUT2D eigenvalue weighted by Gasteiger charge is -2.20. The predicted molar refractivity (Wildman–Crippen MR) is 116 cm³/mol. The van der Waals surface area contributed by atoms with Gasteiger partial charge < -0.3 is 4.52 Å². The molecule has 0 saturated carbocycles. The van der Waals surface area contributed by atoms with Crippen molar-refractivity contribution in [3.05, 3.63) is 121 Å². The van der Waals surface area contributed by atoms with E-state index in [1.807, 2.05) is 97.1 Å². The Morgan fingerprint density at radius 3 is 1.61 bits per heavy atom. The van der Waals surface area contributed by atoms with Crippen molar-refractivity contribution in [2.75, 3.05) is 0 Å². The second kappa shape index (κ2) is 8.39. The van der Waals surface area contributed by atoms with Crippen LogP contribution in [0.5, 0.6) is 0 Å². The third kappa shape index (κ3) is 3.84. The fourth-order valence-corrected chi connectivity index (χ4v) is 5.30. The third-order valence-corrected chi connectivity index (χ3v) is 7.14. The lowest BCUT2D eigenvalue weighted by Crippen LogP contribution is -2.18. The standard InChI is InChI=1S/C25H21O2P/c26-28(23-15-6-2-7-16-23,24-17-8-3-9-18-24)27-20-22-14-10-11-19-25(22)21-12-4-1-5-13-21/h1-19H,20H2. The Kier molecular flexibility index (Phi) is 5.53. The smallest absolute Gasteiger partial charge is 0.261 e. The Balaban J connectivity index is 1.70. The molecule has 0 N–H and O–H groups in total. The van der Waals surface area contributed by atoms with Gasteiger partial charge >= 0.3 is 0 Å². The maximum absolute atomic E-state index is 14.0. The highest BCUT2D eigenvalue weighted by Crippen LogP contribution is 2.45. The molecule has 4 aromatic rings. The Morgan fingerprint density at radius 1 is 0.571 bits per heavy atom. The van der Waals surface area contributed by atoms with Gasteiger partial charge in [0.2, 0.25) is 0 Å². The normalized spacial score (nSPS) is 11.3. The van der Waals surface area contributed by atoms with Gasteiger partial charge in [-0.15, -0.1) is 0 Å². The molecule has 0 bridgehead atoms. The van der Waals surface area contributed by atoms with Gasteiger partial charge in [-0.05, 0) is 41.0 Å². The SMILES string of the molecule is O=P(OCc1ccccc1-c1ccccc1)(c1ccccc1)c1ccccc1. The molecule has 4 aromatic carbocycles. The van der Waals surface area contributed by atoms with Gasteiger partial charge in [0.1, 0.15) is 0 Å². The van der Waals surface area contributed by atoms with Crippen LogP contribution in [-0.2, 0) is 15.7 Å². The average Bonchev–Trinajstić information content (AvgIpc) is 2.79. The zero-order valence-electron chi connectivity index (χ0n) is 15.4. The molecule has 0 atom stereocenters. The molecule has 0 amide bonds. The van der Waals surface area contributed by atoms with Crippen molar-refractivity contribution < 1.29 is 9.09 Å². The van der Waals surface area contributed by atoms with Gasteiger partial charge in [0.25, 0.3) is 7.37 Å². The van der Waals surface area contributed by atoms with Gasteiger partial charge in [0, 0.05) is 10.6 Å². The molecule has 0 aliphatic rings. The summed E-state index contributed by atoms with van der Waals surface area (Å²) in [6, 6.07) is 37.2. The largest absolute Gasteiger partial charge is 0.317 e. The molecule has 0 aliphatic carbocycles. The van der Waals surface area contributed by atoms with E-state index >= 15 is 0 Å². The van der Waals surface area contributed by atoms with E-state index in [-0.39, 0.29) is 6.61 Å². The second-order valence-corrected chi connectivity index (χ2v) is 8.91. The van der Waals surface area contributed by atoms with Crippen LogP contribution in [-0.4, -0.2) is 0 Å². The van der Waals surface area contributed by atoms with Crippen LogP contribution >= 0.6 is 7.37 Å². The molecule has 138 valence electrons. The van der Waals surface area contributed by atoms with Crippen LogP contribution in [0.2, 0.25) is 0 Å². The van der Waals surface area contributed by atoms with Gasteiger partial charge in [-0.2, -0.15) is 0 Å². The van der Waals surface area contributed by atoms with Crippen molar-refractivity contribution >= 4 is 18.0 Å². The zero-order chi connectivity index (χ0) is 19.2. The number of rotatable bonds is 6. The third-order valence-electron chi connectivity index (χ3n) is 4.70. The van der Waals surface area contributed by atoms with E-state index in [1.165, 1.54) is 0 Å². The van der Waals surface area contributed by atoms with Gasteiger partial charge in [-0.1, -0.05) is 91.0 Å². The van der Waals surface area contributed by atoms with Crippen molar-refractivity contribution in [3.8, 4) is 11.1 Å². The van der Waals surface area contributed by atoms with Crippen LogP contribution in [0.4, 0.5) is 0 Å². The molecule has 0 spiro atoms. The molecule has 2 nitrogen and oxygen atoms in total. The average molecular weight is 384 g/mol. The summed E-state index contributed by atoms with van der Waals surface area (Å²) < 4.78 is 20.2. The Morgan fingerprint density at radius 2 is 1.04 bits per heavy atom. The van der Waals surface area contributed by atoms with Crippen molar-refractivity contribution in [2.24, 2.45) is 0 Å². The van der Waals surface area contributed by atoms with Crippen LogP contribution in [0.15, 0.2) is 115 Å². The topological polar surface area (TPSA) is 26.3 Å². The highest BCUT2D eigenvalue weighted by atomic mass is 31.2. The van der Waals surface area contributed by atoms with Crippen LogP contribution < -0.4 is 10.6 Å². The van der Waals surface area contributed by atoms with Crippen molar-refractivity contribution in [3.63, 3.8) is 0 Å². The molecule has 4 rings (SSSR count). The minimum atomic E-state index is -3.20. The second-order valence-electron chi connectivity index (χ2n) is 6.52. The van der Waals surface area contributed by atoms with Crippen molar-refractivity contribution in [1.29, 1.82) is 0 Å². The molecule has 0 aromatic heterocycles. The van der Waals surface area contributed by atoms with E-state index in [1.54, 1.807) is 0 Å². The summed E-state index contributed by atoms with van der Waals surface area (Å²) in [5.74, 6) is 0. The minimum absolute atomic E-state index is 0.270. The number of hydrogen-bond acceptors (Lipinski definition) is 2. The van der Waals surface area contributed by atoms with E-state index in [0.29, 0.717) is 10.6 Å². The fourth-order valence-electron chi connectivity index (χ4n) is 3.25. The first-order valence-electron chi connectivity index (χ1n) is 9.26. The molecule has 0 unspecified atom stereocenters. The van der Waals surface area contributed by atoms with Crippen LogP contribution in [0, 0.1) is 0 Å². The molecule has 3 heteroatoms. The highest BCUT2D eigenvalue weighted by Gasteiger charge is 2.28. The highest BCUT2D eigenvalue weighted by molar-refractivity contribution is 7.74. The van der Waals surface area contributed by atoms with Crippen molar-refractivity contribution in [2.45, 2.75) is 6.61 Å². The minimum Gasteiger partial charge on any atom is -0.317 e. The van der Waals surface area contributed by atoms with Crippen LogP contribution in [0.1, 0.15) is 5.56 Å². The van der Waals surface area contributed by atoms with E-state index in [4.69, 9.17) is 4.52 Å². The van der Waals surface area contributed by atoms with Crippen LogP contribution in [0.3, 0.4) is 0 Å². The molecule has 0 saturated heterocycles. The summed E-state index contributed by atoms with van der Waals surface area (Å²) in [4.78, 5) is 0. The fraction of sp³-hybridized carbons (Fsp3) is 0.0400. The van der Waals surface area contributed by atoms with E-state index in [2.05, 4.69) is 18.2 Å². The maximum atomic E-state index is 14.0. The Hall–Kier alpha value is -2.93. The summed E-state index contributed by atoms with van der Waals surface area (Å²) >= 11 is 0. The molecule has 0 aliphatic heterocycles. The molecule has 28 heavy (non-hydrogen) atoms. The van der Waals surface area contributed by atoms with Crippen molar-refractivity contribution in [1.82, 2.24) is 0 Å². The first-order chi connectivity index (χ1) is 13.8. The monoisotopic (exact) mass is 384 g/mol. The van der Waals surface area contributed by atoms with Gasteiger partial charge in [-0.25, -0.2) is 0 Å². The lowest BCUT2D eigenvalue weighted by molar-refractivity contribution is 0.317. The van der Waals surface area contributed by atoms with Gasteiger partial charge in [0.05, 0.1) is 6.61 Å². The van der Waals surface area contributed by atoms with Crippen LogP contribution in [0.25, 0.3) is 11.1 Å². The molecule has 0 fully saturated rings.